The van der Waals surface area contributed by atoms with Crippen molar-refractivity contribution in [3.63, 3.8) is 0 Å². The Hall–Kier alpha value is -2.25. The van der Waals surface area contributed by atoms with Gasteiger partial charge in [-0.15, -0.1) is 0 Å². The normalized spacial score (nSPS) is 10.7. The molecule has 2 aromatic rings. The van der Waals surface area contributed by atoms with E-state index < -0.39 is 12.3 Å². The number of tetrazole rings is 1. The smallest absolute Gasteiger partial charge is 0.387 e. The number of benzene rings is 1. The van der Waals surface area contributed by atoms with Gasteiger partial charge in [0.15, 0.2) is 5.75 Å². The standard InChI is InChI=1S/C8H6F2N4O2/c9-7(10)16-6-4-2-1-3-5(6)14-8(15)11-12-13-14/h1-4,7H,(H,11,13,15). The lowest BCUT2D eigenvalue weighted by molar-refractivity contribution is -0.0499. The van der Waals surface area contributed by atoms with Crippen LogP contribution in [0.2, 0.25) is 0 Å². The first kappa shape index (κ1) is 10.3. The van der Waals surface area contributed by atoms with Gasteiger partial charge in [0.05, 0.1) is 0 Å². The summed E-state index contributed by atoms with van der Waals surface area (Å²) >= 11 is 0. The molecule has 8 heteroatoms. The van der Waals surface area contributed by atoms with Crippen LogP contribution in [0.4, 0.5) is 8.78 Å². The monoisotopic (exact) mass is 228 g/mol. The summed E-state index contributed by atoms with van der Waals surface area (Å²) in [5, 5.41) is 8.73. The van der Waals surface area contributed by atoms with Gasteiger partial charge in [0.1, 0.15) is 5.69 Å². The number of aromatic amines is 1. The van der Waals surface area contributed by atoms with E-state index in [9.17, 15) is 13.6 Å². The molecule has 16 heavy (non-hydrogen) atoms. The molecule has 0 atom stereocenters. The number of para-hydroxylation sites is 2. The molecule has 0 bridgehead atoms. The maximum absolute atomic E-state index is 12.1. The predicted octanol–water partition coefficient (Wildman–Crippen LogP) is 0.557. The zero-order chi connectivity index (χ0) is 11.5. The van der Waals surface area contributed by atoms with Crippen molar-refractivity contribution in [1.82, 2.24) is 20.2 Å². The van der Waals surface area contributed by atoms with Crippen LogP contribution in [0.3, 0.4) is 0 Å². The molecule has 0 aliphatic heterocycles. The molecular formula is C8H6F2N4O2. The molecule has 0 aliphatic carbocycles. The Labute approximate surface area is 87.4 Å². The van der Waals surface area contributed by atoms with Gasteiger partial charge in [-0.2, -0.15) is 13.5 Å². The number of nitrogens with one attached hydrogen (secondary N) is 1. The highest BCUT2D eigenvalue weighted by Gasteiger charge is 2.12. The SMILES string of the molecule is O=c1[nH]nnn1-c1ccccc1OC(F)F. The summed E-state index contributed by atoms with van der Waals surface area (Å²) in [6, 6.07) is 5.80. The van der Waals surface area contributed by atoms with E-state index in [1.54, 1.807) is 6.07 Å². The summed E-state index contributed by atoms with van der Waals surface area (Å²) in [6.07, 6.45) is 0. The first-order valence-corrected chi connectivity index (χ1v) is 4.23. The maximum atomic E-state index is 12.1. The van der Waals surface area contributed by atoms with Crippen molar-refractivity contribution in [2.75, 3.05) is 0 Å². The summed E-state index contributed by atoms with van der Waals surface area (Å²) in [6.45, 7) is -2.97. The van der Waals surface area contributed by atoms with Crippen molar-refractivity contribution in [3.8, 4) is 11.4 Å². The van der Waals surface area contributed by atoms with E-state index in [4.69, 9.17) is 0 Å². The van der Waals surface area contributed by atoms with Gasteiger partial charge in [-0.1, -0.05) is 12.1 Å². The average molecular weight is 228 g/mol. The van der Waals surface area contributed by atoms with E-state index >= 15 is 0 Å². The highest BCUT2D eigenvalue weighted by molar-refractivity contribution is 5.45. The molecule has 0 fully saturated rings. The van der Waals surface area contributed by atoms with Crippen LogP contribution in [-0.4, -0.2) is 26.8 Å². The molecule has 0 amide bonds. The second kappa shape index (κ2) is 4.09. The molecule has 0 saturated heterocycles. The molecular weight excluding hydrogens is 222 g/mol. The number of hydrogen-bond donors (Lipinski definition) is 1. The van der Waals surface area contributed by atoms with Crippen LogP contribution in [0.1, 0.15) is 0 Å². The second-order valence-electron chi connectivity index (χ2n) is 2.76. The van der Waals surface area contributed by atoms with Gasteiger partial charge in [-0.25, -0.2) is 9.89 Å². The van der Waals surface area contributed by atoms with Gasteiger partial charge in [0.25, 0.3) is 0 Å². The Morgan fingerprint density at radius 1 is 1.38 bits per heavy atom. The molecule has 0 radical (unpaired) electrons. The third-order valence-corrected chi connectivity index (χ3v) is 1.78. The van der Waals surface area contributed by atoms with Crippen LogP contribution in [0.15, 0.2) is 29.1 Å². The van der Waals surface area contributed by atoms with Gasteiger partial charge in [0.2, 0.25) is 0 Å². The number of halogens is 2. The van der Waals surface area contributed by atoms with Crippen LogP contribution < -0.4 is 10.4 Å². The highest BCUT2D eigenvalue weighted by Crippen LogP contribution is 2.21. The van der Waals surface area contributed by atoms with Gasteiger partial charge < -0.3 is 4.74 Å². The minimum absolute atomic E-state index is 0.0987. The first-order chi connectivity index (χ1) is 7.68. The third-order valence-electron chi connectivity index (χ3n) is 1.78. The van der Waals surface area contributed by atoms with E-state index in [1.165, 1.54) is 18.2 Å². The number of alkyl halides is 2. The minimum atomic E-state index is -2.97. The lowest BCUT2D eigenvalue weighted by atomic mass is 10.3. The maximum Gasteiger partial charge on any atom is 0.387 e. The predicted molar refractivity (Wildman–Crippen MR) is 48.6 cm³/mol. The Kier molecular flexibility index (Phi) is 2.63. The number of H-pyrrole nitrogens is 1. The summed E-state index contributed by atoms with van der Waals surface area (Å²) in [5.74, 6) is -0.145. The molecule has 1 aromatic heterocycles. The van der Waals surface area contributed by atoms with Gasteiger partial charge >= 0.3 is 12.3 Å². The zero-order valence-corrected chi connectivity index (χ0v) is 7.80. The summed E-state index contributed by atoms with van der Waals surface area (Å²) in [7, 11) is 0. The highest BCUT2D eigenvalue weighted by atomic mass is 19.3. The Morgan fingerprint density at radius 3 is 2.75 bits per heavy atom. The van der Waals surface area contributed by atoms with Crippen molar-refractivity contribution in [3.05, 3.63) is 34.7 Å². The first-order valence-electron chi connectivity index (χ1n) is 4.23. The molecule has 1 aromatic carbocycles. The van der Waals surface area contributed by atoms with Crippen molar-refractivity contribution in [2.24, 2.45) is 0 Å². The molecule has 84 valence electrons. The molecule has 0 unspecified atom stereocenters. The fourth-order valence-corrected chi connectivity index (χ4v) is 1.18. The van der Waals surface area contributed by atoms with Crippen LogP contribution in [0.25, 0.3) is 5.69 Å². The van der Waals surface area contributed by atoms with Crippen LogP contribution >= 0.6 is 0 Å². The van der Waals surface area contributed by atoms with Gasteiger partial charge in [0, 0.05) is 0 Å². The van der Waals surface area contributed by atoms with Gasteiger partial charge in [-0.05, 0) is 22.6 Å². The Morgan fingerprint density at radius 2 is 2.12 bits per heavy atom. The van der Waals surface area contributed by atoms with Gasteiger partial charge in [-0.3, -0.25) is 0 Å². The lowest BCUT2D eigenvalue weighted by Gasteiger charge is -2.08. The van der Waals surface area contributed by atoms with Crippen LogP contribution in [-0.2, 0) is 0 Å². The molecule has 6 nitrogen and oxygen atoms in total. The Bertz CT molecular complexity index is 537. The van der Waals surface area contributed by atoms with Crippen molar-refractivity contribution in [2.45, 2.75) is 6.61 Å². The number of hydrogen-bond acceptors (Lipinski definition) is 4. The van der Waals surface area contributed by atoms with E-state index in [-0.39, 0.29) is 11.4 Å². The second-order valence-corrected chi connectivity index (χ2v) is 2.76. The van der Waals surface area contributed by atoms with E-state index in [0.717, 1.165) is 4.68 Å². The topological polar surface area (TPSA) is 72.8 Å². The number of rotatable bonds is 3. The zero-order valence-electron chi connectivity index (χ0n) is 7.80. The lowest BCUT2D eigenvalue weighted by Crippen LogP contribution is -2.17. The fraction of sp³-hybridized carbons (Fsp3) is 0.125. The number of ether oxygens (including phenoxy) is 1. The van der Waals surface area contributed by atoms with Crippen molar-refractivity contribution >= 4 is 0 Å². The van der Waals surface area contributed by atoms with Crippen molar-refractivity contribution < 1.29 is 13.5 Å². The fourth-order valence-electron chi connectivity index (χ4n) is 1.18. The molecule has 1 heterocycles. The van der Waals surface area contributed by atoms with Crippen molar-refractivity contribution in [1.29, 1.82) is 0 Å². The van der Waals surface area contributed by atoms with E-state index in [2.05, 4.69) is 20.3 Å². The van der Waals surface area contributed by atoms with E-state index in [1.807, 2.05) is 0 Å². The van der Waals surface area contributed by atoms with Crippen LogP contribution in [0.5, 0.6) is 5.75 Å². The van der Waals surface area contributed by atoms with Crippen LogP contribution in [0, 0.1) is 0 Å². The molecule has 2 rings (SSSR count). The summed E-state index contributed by atoms with van der Waals surface area (Å²) in [4.78, 5) is 11.2. The van der Waals surface area contributed by atoms with E-state index in [0.29, 0.717) is 0 Å². The summed E-state index contributed by atoms with van der Waals surface area (Å²) in [5.41, 5.74) is -0.535. The molecule has 0 saturated carbocycles. The minimum Gasteiger partial charge on any atom is -0.433 e. The quantitative estimate of drug-likeness (QED) is 0.832. The average Bonchev–Trinajstić information content (AvgIpc) is 2.64. The summed E-state index contributed by atoms with van der Waals surface area (Å²) < 4.78 is 29.3. The number of nitrogens with zero attached hydrogens (tertiary/aromatic N) is 3. The number of aromatic nitrogens is 4. The molecule has 0 aliphatic rings. The Balaban J connectivity index is 2.49. The molecule has 0 spiro atoms. The largest absolute Gasteiger partial charge is 0.433 e. The third kappa shape index (κ3) is 1.90. The molecule has 1 N–H and O–H groups in total.